The minimum absolute atomic E-state index is 0.0374. The van der Waals surface area contributed by atoms with Crippen LogP contribution in [-0.2, 0) is 0 Å². The van der Waals surface area contributed by atoms with Crippen LogP contribution in [0.3, 0.4) is 0 Å². The number of nitrogens with one attached hydrogen (secondary N) is 2. The Morgan fingerprint density at radius 3 is 2.76 bits per heavy atom. The van der Waals surface area contributed by atoms with Gasteiger partial charge in [0.25, 0.3) is 0 Å². The maximum absolute atomic E-state index is 13.6. The zero-order valence-electron chi connectivity index (χ0n) is 10.0. The van der Waals surface area contributed by atoms with E-state index in [-0.39, 0.29) is 29.6 Å². The van der Waals surface area contributed by atoms with Crippen LogP contribution in [-0.4, -0.2) is 19.7 Å². The van der Waals surface area contributed by atoms with E-state index in [2.05, 4.69) is 17.8 Å². The van der Waals surface area contributed by atoms with Gasteiger partial charge in [-0.05, 0) is 31.2 Å². The lowest BCUT2D eigenvalue weighted by molar-refractivity contribution is 0.384. The second kappa shape index (κ2) is 5.00. The molecule has 0 radical (unpaired) electrons. The van der Waals surface area contributed by atoms with Crippen LogP contribution in [0.2, 0.25) is 0 Å². The van der Waals surface area contributed by atoms with Crippen LogP contribution >= 0.6 is 0 Å². The van der Waals surface area contributed by atoms with Gasteiger partial charge in [0.15, 0.2) is 11.6 Å². The Hall–Kier alpha value is -1.17. The van der Waals surface area contributed by atoms with E-state index in [9.17, 15) is 4.39 Å². The molecule has 0 spiro atoms. The Kier molecular flexibility index (Phi) is 3.61. The number of benzene rings is 1. The molecule has 1 aromatic carbocycles. The summed E-state index contributed by atoms with van der Waals surface area (Å²) in [4.78, 5) is 0. The monoisotopic (exact) mass is 239 g/mol. The van der Waals surface area contributed by atoms with Crippen LogP contribution in [0.4, 0.5) is 4.39 Å². The Bertz CT molecular complexity index is 399. The van der Waals surface area contributed by atoms with Crippen LogP contribution < -0.4 is 21.3 Å². The summed E-state index contributed by atoms with van der Waals surface area (Å²) < 4.78 is 18.5. The highest BCUT2D eigenvalue weighted by Crippen LogP contribution is 2.30. The van der Waals surface area contributed by atoms with E-state index in [0.717, 1.165) is 5.56 Å². The Labute approximate surface area is 100 Å². The van der Waals surface area contributed by atoms with Crippen LogP contribution in [0.5, 0.6) is 5.75 Å². The largest absolute Gasteiger partial charge is 0.494 e. The first-order chi connectivity index (χ1) is 8.17. The van der Waals surface area contributed by atoms with Gasteiger partial charge in [0.2, 0.25) is 0 Å². The molecule has 3 unspecified atom stereocenters. The number of methoxy groups -OCH3 is 1. The van der Waals surface area contributed by atoms with Crippen molar-refractivity contribution in [3.8, 4) is 5.75 Å². The van der Waals surface area contributed by atoms with Gasteiger partial charge >= 0.3 is 0 Å². The van der Waals surface area contributed by atoms with Crippen molar-refractivity contribution in [2.45, 2.75) is 19.0 Å². The molecule has 5 heteroatoms. The molecular formula is C12H18FN3O. The number of halogens is 1. The van der Waals surface area contributed by atoms with Gasteiger partial charge in [-0.15, -0.1) is 0 Å². The molecule has 4 nitrogen and oxygen atoms in total. The molecule has 1 fully saturated rings. The van der Waals surface area contributed by atoms with Crippen molar-refractivity contribution in [2.24, 2.45) is 11.7 Å². The van der Waals surface area contributed by atoms with E-state index in [1.807, 2.05) is 6.07 Å². The highest BCUT2D eigenvalue weighted by molar-refractivity contribution is 5.32. The summed E-state index contributed by atoms with van der Waals surface area (Å²) >= 11 is 0. The normalized spacial score (nSPS) is 28.4. The summed E-state index contributed by atoms with van der Waals surface area (Å²) in [6, 6.07) is 5.31. The number of hydrogen-bond donors (Lipinski definition) is 3. The average molecular weight is 239 g/mol. The fourth-order valence-corrected chi connectivity index (χ4v) is 2.27. The molecule has 0 bridgehead atoms. The predicted molar refractivity (Wildman–Crippen MR) is 64.0 cm³/mol. The predicted octanol–water partition coefficient (Wildman–Crippen LogP) is 0.947. The lowest BCUT2D eigenvalue weighted by Crippen LogP contribution is -2.30. The van der Waals surface area contributed by atoms with Crippen LogP contribution in [0.25, 0.3) is 0 Å². The van der Waals surface area contributed by atoms with Crippen molar-refractivity contribution in [3.05, 3.63) is 29.6 Å². The topological polar surface area (TPSA) is 59.3 Å². The quantitative estimate of drug-likeness (QED) is 0.735. The van der Waals surface area contributed by atoms with E-state index in [1.54, 1.807) is 6.07 Å². The first kappa shape index (κ1) is 12.3. The highest BCUT2D eigenvalue weighted by Gasteiger charge is 2.33. The Morgan fingerprint density at radius 1 is 1.41 bits per heavy atom. The summed E-state index contributed by atoms with van der Waals surface area (Å²) in [5.41, 5.74) is 12.9. The molecule has 4 N–H and O–H groups in total. The van der Waals surface area contributed by atoms with Crippen molar-refractivity contribution in [3.63, 3.8) is 0 Å². The van der Waals surface area contributed by atoms with Crippen LogP contribution in [0, 0.1) is 11.7 Å². The zero-order valence-corrected chi connectivity index (χ0v) is 10.0. The van der Waals surface area contributed by atoms with E-state index in [0.29, 0.717) is 6.54 Å². The van der Waals surface area contributed by atoms with Crippen LogP contribution in [0.15, 0.2) is 18.2 Å². The molecule has 3 atom stereocenters. The van der Waals surface area contributed by atoms with Crippen molar-refractivity contribution >= 4 is 0 Å². The second-order valence-electron chi connectivity index (χ2n) is 4.35. The minimum Gasteiger partial charge on any atom is -0.494 e. The van der Waals surface area contributed by atoms with Gasteiger partial charge in [0.05, 0.1) is 13.2 Å². The molecule has 2 rings (SSSR count). The van der Waals surface area contributed by atoms with Gasteiger partial charge in [0, 0.05) is 12.0 Å². The summed E-state index contributed by atoms with van der Waals surface area (Å²) in [5.74, 6) is 0.168. The number of nitrogens with two attached hydrogens (primary N) is 1. The molecule has 1 aliphatic rings. The van der Waals surface area contributed by atoms with E-state index >= 15 is 0 Å². The molecule has 1 heterocycles. The third kappa shape index (κ3) is 2.26. The van der Waals surface area contributed by atoms with Crippen molar-refractivity contribution in [2.75, 3.05) is 13.7 Å². The first-order valence-corrected chi connectivity index (χ1v) is 5.72. The molecule has 0 aliphatic carbocycles. The Balaban J connectivity index is 2.25. The summed E-state index contributed by atoms with van der Waals surface area (Å²) in [7, 11) is 1.46. The molecule has 0 amide bonds. The fraction of sp³-hybridized carbons (Fsp3) is 0.500. The van der Waals surface area contributed by atoms with Gasteiger partial charge in [-0.2, -0.15) is 0 Å². The van der Waals surface area contributed by atoms with Crippen molar-refractivity contribution < 1.29 is 9.13 Å². The molecule has 1 aromatic rings. The number of hydrogen-bond acceptors (Lipinski definition) is 4. The minimum atomic E-state index is -0.345. The van der Waals surface area contributed by atoms with Gasteiger partial charge in [-0.1, -0.05) is 6.07 Å². The van der Waals surface area contributed by atoms with Gasteiger partial charge in [-0.25, -0.2) is 9.82 Å². The molecule has 0 saturated carbocycles. The fourth-order valence-electron chi connectivity index (χ4n) is 2.27. The zero-order chi connectivity index (χ0) is 12.4. The van der Waals surface area contributed by atoms with Crippen LogP contribution in [0.1, 0.15) is 18.5 Å². The molecule has 0 aromatic heterocycles. The number of ether oxygens (including phenoxy) is 1. The van der Waals surface area contributed by atoms with Crippen molar-refractivity contribution in [1.29, 1.82) is 0 Å². The molecule has 94 valence electrons. The SMILES string of the molecule is COc1ccc(C2NNC(C)C2CN)cc1F. The molecular weight excluding hydrogens is 221 g/mol. The number of hydrazine groups is 1. The van der Waals surface area contributed by atoms with Crippen molar-refractivity contribution in [1.82, 2.24) is 10.9 Å². The van der Waals surface area contributed by atoms with E-state index in [1.165, 1.54) is 13.2 Å². The maximum atomic E-state index is 13.6. The highest BCUT2D eigenvalue weighted by atomic mass is 19.1. The van der Waals surface area contributed by atoms with Gasteiger partial charge < -0.3 is 10.5 Å². The standard InChI is InChI=1S/C12H18FN3O/c1-7-9(6-14)12(16-15-7)8-3-4-11(17-2)10(13)5-8/h3-5,7,9,12,15-16H,6,14H2,1-2H3. The third-order valence-electron chi connectivity index (χ3n) is 3.34. The smallest absolute Gasteiger partial charge is 0.165 e. The lowest BCUT2D eigenvalue weighted by atomic mass is 9.90. The number of rotatable bonds is 3. The second-order valence-corrected chi connectivity index (χ2v) is 4.35. The third-order valence-corrected chi connectivity index (χ3v) is 3.34. The molecule has 17 heavy (non-hydrogen) atoms. The summed E-state index contributed by atoms with van der Waals surface area (Å²) in [6.45, 7) is 2.61. The van der Waals surface area contributed by atoms with Gasteiger partial charge in [0.1, 0.15) is 0 Å². The maximum Gasteiger partial charge on any atom is 0.165 e. The van der Waals surface area contributed by atoms with E-state index < -0.39 is 0 Å². The molecule has 1 aliphatic heterocycles. The van der Waals surface area contributed by atoms with Gasteiger partial charge in [-0.3, -0.25) is 5.43 Å². The Morgan fingerprint density at radius 2 is 2.18 bits per heavy atom. The summed E-state index contributed by atoms with van der Waals surface area (Å²) in [5, 5.41) is 0. The summed E-state index contributed by atoms with van der Waals surface area (Å²) in [6.07, 6.45) is 0. The lowest BCUT2D eigenvalue weighted by Gasteiger charge is -2.19. The first-order valence-electron chi connectivity index (χ1n) is 5.72. The van der Waals surface area contributed by atoms with E-state index in [4.69, 9.17) is 10.5 Å². The molecule has 1 saturated heterocycles. The average Bonchev–Trinajstić information content (AvgIpc) is 2.70.